The molecule has 3 aromatic heterocycles. The summed E-state index contributed by atoms with van der Waals surface area (Å²) in [5, 5.41) is 11.2. The first kappa shape index (κ1) is 21.4. The number of amides is 1. The Labute approximate surface area is 186 Å². The van der Waals surface area contributed by atoms with Crippen LogP contribution in [0.2, 0.25) is 0 Å². The van der Waals surface area contributed by atoms with E-state index < -0.39 is 0 Å². The lowest BCUT2D eigenvalue weighted by molar-refractivity contribution is -0.116. The van der Waals surface area contributed by atoms with Gasteiger partial charge in [-0.2, -0.15) is 10.1 Å². The van der Waals surface area contributed by atoms with E-state index in [0.29, 0.717) is 36.2 Å². The monoisotopic (exact) mass is 430 g/mol. The minimum atomic E-state index is -0.146. The maximum absolute atomic E-state index is 12.5. The van der Waals surface area contributed by atoms with Crippen LogP contribution in [0.1, 0.15) is 44.2 Å². The van der Waals surface area contributed by atoms with Gasteiger partial charge in [0.15, 0.2) is 0 Å². The second-order valence-corrected chi connectivity index (χ2v) is 8.60. The number of aryl methyl sites for hydroxylation is 1. The van der Waals surface area contributed by atoms with Gasteiger partial charge in [0.1, 0.15) is 11.5 Å². The Bertz CT molecular complexity index is 1170. The standard InChI is InChI=1S/C24H26N6O2/c1-24(2,3)18-9-7-17(8-10-18)16-30-20(13-15-26-30)27-21(31)11-12-22-28-23(29-32-22)19-6-4-5-14-25-19/h4-10,13-15H,11-12,16H2,1-3H3,(H,27,31). The molecule has 3 heterocycles. The number of anilines is 1. The highest BCUT2D eigenvalue weighted by molar-refractivity contribution is 5.89. The van der Waals surface area contributed by atoms with E-state index in [2.05, 4.69) is 70.6 Å². The van der Waals surface area contributed by atoms with Crippen molar-refractivity contribution >= 4 is 11.7 Å². The van der Waals surface area contributed by atoms with Gasteiger partial charge in [-0.15, -0.1) is 0 Å². The Hall–Kier alpha value is -3.81. The van der Waals surface area contributed by atoms with E-state index in [-0.39, 0.29) is 17.7 Å². The molecule has 32 heavy (non-hydrogen) atoms. The van der Waals surface area contributed by atoms with Crippen molar-refractivity contribution in [3.8, 4) is 11.5 Å². The topological polar surface area (TPSA) is 98.7 Å². The smallest absolute Gasteiger partial charge is 0.227 e. The summed E-state index contributed by atoms with van der Waals surface area (Å²) in [6.45, 7) is 7.15. The van der Waals surface area contributed by atoms with E-state index in [1.165, 1.54) is 5.56 Å². The quantitative estimate of drug-likeness (QED) is 0.471. The first-order valence-corrected chi connectivity index (χ1v) is 10.5. The number of carbonyl (C=O) groups is 1. The molecule has 0 aliphatic rings. The third-order valence-electron chi connectivity index (χ3n) is 5.06. The van der Waals surface area contributed by atoms with Gasteiger partial charge in [0, 0.05) is 25.1 Å². The van der Waals surface area contributed by atoms with Crippen molar-refractivity contribution in [2.45, 2.75) is 45.6 Å². The molecule has 0 fully saturated rings. The van der Waals surface area contributed by atoms with Crippen molar-refractivity contribution in [1.82, 2.24) is 24.9 Å². The van der Waals surface area contributed by atoms with Gasteiger partial charge in [-0.3, -0.25) is 9.78 Å². The van der Waals surface area contributed by atoms with Crippen LogP contribution in [0.5, 0.6) is 0 Å². The fourth-order valence-corrected chi connectivity index (χ4v) is 3.23. The second kappa shape index (κ2) is 9.13. The van der Waals surface area contributed by atoms with Gasteiger partial charge in [0.25, 0.3) is 0 Å². The van der Waals surface area contributed by atoms with Gasteiger partial charge >= 0.3 is 0 Å². The van der Waals surface area contributed by atoms with Crippen molar-refractivity contribution in [3.63, 3.8) is 0 Å². The molecular formula is C24H26N6O2. The van der Waals surface area contributed by atoms with E-state index in [4.69, 9.17) is 4.52 Å². The van der Waals surface area contributed by atoms with Gasteiger partial charge in [-0.25, -0.2) is 4.68 Å². The molecule has 0 spiro atoms. The molecule has 1 aromatic carbocycles. The van der Waals surface area contributed by atoms with Crippen LogP contribution in [0.25, 0.3) is 11.5 Å². The molecule has 4 rings (SSSR count). The minimum absolute atomic E-state index is 0.111. The molecule has 0 aliphatic heterocycles. The van der Waals surface area contributed by atoms with Gasteiger partial charge in [-0.1, -0.05) is 56.3 Å². The zero-order chi connectivity index (χ0) is 22.6. The molecule has 1 amide bonds. The van der Waals surface area contributed by atoms with Crippen LogP contribution in [-0.4, -0.2) is 30.8 Å². The third-order valence-corrected chi connectivity index (χ3v) is 5.06. The molecule has 0 radical (unpaired) electrons. The summed E-state index contributed by atoms with van der Waals surface area (Å²) >= 11 is 0. The summed E-state index contributed by atoms with van der Waals surface area (Å²) in [6, 6.07) is 15.7. The SMILES string of the molecule is CC(C)(C)c1ccc(Cn2nccc2NC(=O)CCc2nc(-c3ccccn3)no2)cc1. The molecule has 0 atom stereocenters. The van der Waals surface area contributed by atoms with Crippen LogP contribution in [0, 0.1) is 0 Å². The molecule has 0 aliphatic carbocycles. The lowest BCUT2D eigenvalue weighted by Crippen LogP contribution is -2.16. The number of aromatic nitrogens is 5. The number of hydrogen-bond donors (Lipinski definition) is 1. The van der Waals surface area contributed by atoms with Crippen molar-refractivity contribution in [2.24, 2.45) is 0 Å². The normalized spacial score (nSPS) is 11.5. The van der Waals surface area contributed by atoms with Crippen LogP contribution >= 0.6 is 0 Å². The average Bonchev–Trinajstić information content (AvgIpc) is 3.42. The van der Waals surface area contributed by atoms with Crippen LogP contribution in [0.15, 0.2) is 65.4 Å². The van der Waals surface area contributed by atoms with Crippen LogP contribution in [0.4, 0.5) is 5.82 Å². The molecule has 4 aromatic rings. The molecule has 164 valence electrons. The first-order valence-electron chi connectivity index (χ1n) is 10.5. The maximum Gasteiger partial charge on any atom is 0.227 e. The number of rotatable bonds is 7. The highest BCUT2D eigenvalue weighted by atomic mass is 16.5. The Morgan fingerprint density at radius 2 is 1.88 bits per heavy atom. The van der Waals surface area contributed by atoms with Gasteiger partial charge < -0.3 is 9.84 Å². The highest BCUT2D eigenvalue weighted by Crippen LogP contribution is 2.22. The predicted molar refractivity (Wildman–Crippen MR) is 121 cm³/mol. The fraction of sp³-hybridized carbons (Fsp3) is 0.292. The van der Waals surface area contributed by atoms with Crippen molar-refractivity contribution < 1.29 is 9.32 Å². The van der Waals surface area contributed by atoms with Gasteiger partial charge in [0.2, 0.25) is 17.6 Å². The number of nitrogens with zero attached hydrogens (tertiary/aromatic N) is 5. The van der Waals surface area contributed by atoms with Crippen molar-refractivity contribution in [2.75, 3.05) is 5.32 Å². The van der Waals surface area contributed by atoms with E-state index >= 15 is 0 Å². The van der Waals surface area contributed by atoms with Crippen molar-refractivity contribution in [3.05, 3.63) is 77.9 Å². The number of benzene rings is 1. The molecule has 0 unspecified atom stereocenters. The van der Waals surface area contributed by atoms with E-state index in [0.717, 1.165) is 5.56 Å². The molecule has 8 heteroatoms. The fourth-order valence-electron chi connectivity index (χ4n) is 3.23. The lowest BCUT2D eigenvalue weighted by Gasteiger charge is -2.19. The van der Waals surface area contributed by atoms with Gasteiger partial charge in [-0.05, 0) is 28.7 Å². The third kappa shape index (κ3) is 5.26. The zero-order valence-corrected chi connectivity index (χ0v) is 18.4. The second-order valence-electron chi connectivity index (χ2n) is 8.60. The Morgan fingerprint density at radius 3 is 2.59 bits per heavy atom. The minimum Gasteiger partial charge on any atom is -0.339 e. The van der Waals surface area contributed by atoms with Crippen LogP contribution < -0.4 is 5.32 Å². The van der Waals surface area contributed by atoms with E-state index in [9.17, 15) is 4.79 Å². The molecular weight excluding hydrogens is 404 g/mol. The van der Waals surface area contributed by atoms with E-state index in [1.54, 1.807) is 29.2 Å². The number of hydrogen-bond acceptors (Lipinski definition) is 6. The highest BCUT2D eigenvalue weighted by Gasteiger charge is 2.15. The summed E-state index contributed by atoms with van der Waals surface area (Å²) in [5.41, 5.74) is 3.14. The zero-order valence-electron chi connectivity index (χ0n) is 18.4. The predicted octanol–water partition coefficient (Wildman–Crippen LogP) is 4.25. The van der Waals surface area contributed by atoms with Gasteiger partial charge in [0.05, 0.1) is 12.7 Å². The maximum atomic E-state index is 12.5. The molecule has 0 saturated carbocycles. The largest absolute Gasteiger partial charge is 0.339 e. The molecule has 0 saturated heterocycles. The number of nitrogens with one attached hydrogen (secondary N) is 1. The van der Waals surface area contributed by atoms with Crippen LogP contribution in [0.3, 0.4) is 0 Å². The average molecular weight is 431 g/mol. The summed E-state index contributed by atoms with van der Waals surface area (Å²) in [6.07, 6.45) is 3.90. The van der Waals surface area contributed by atoms with Crippen molar-refractivity contribution in [1.29, 1.82) is 0 Å². The van der Waals surface area contributed by atoms with Crippen LogP contribution in [-0.2, 0) is 23.2 Å². The lowest BCUT2D eigenvalue weighted by atomic mass is 9.87. The summed E-state index contributed by atoms with van der Waals surface area (Å²) in [7, 11) is 0. The molecule has 0 bridgehead atoms. The number of pyridine rings is 1. The summed E-state index contributed by atoms with van der Waals surface area (Å²) < 4.78 is 7.02. The number of carbonyl (C=O) groups excluding carboxylic acids is 1. The Kier molecular flexibility index (Phi) is 6.11. The Morgan fingerprint density at radius 1 is 1.06 bits per heavy atom. The molecule has 1 N–H and O–H groups in total. The van der Waals surface area contributed by atoms with E-state index in [1.807, 2.05) is 12.1 Å². The molecule has 8 nitrogen and oxygen atoms in total. The summed E-state index contributed by atoms with van der Waals surface area (Å²) in [4.78, 5) is 21.0. The summed E-state index contributed by atoms with van der Waals surface area (Å²) in [5.74, 6) is 1.31. The Balaban J connectivity index is 1.33. The first-order chi connectivity index (χ1) is 15.4.